The van der Waals surface area contributed by atoms with Crippen molar-refractivity contribution in [2.45, 2.75) is 34.1 Å². The third kappa shape index (κ3) is 7.04. The number of allylic oxidation sites excluding steroid dienone is 3. The smallest absolute Gasteiger partial charge is 0.0868 e. The molecule has 0 aliphatic carbocycles. The van der Waals surface area contributed by atoms with Crippen molar-refractivity contribution < 1.29 is 0 Å². The molecule has 0 radical (unpaired) electrons. The molecule has 0 aliphatic rings. The van der Waals surface area contributed by atoms with Gasteiger partial charge in [0, 0.05) is 18.5 Å². The molecule has 0 atom stereocenters. The van der Waals surface area contributed by atoms with Crippen LogP contribution in [0.4, 0.5) is 0 Å². The van der Waals surface area contributed by atoms with E-state index in [4.69, 9.17) is 0 Å². The van der Waals surface area contributed by atoms with Crippen LogP contribution >= 0.6 is 0 Å². The van der Waals surface area contributed by atoms with Crippen LogP contribution in [0.2, 0.25) is 0 Å². The molecule has 0 aromatic rings. The number of nitrogens with zero attached hydrogens (tertiary/aromatic N) is 2. The maximum Gasteiger partial charge on any atom is 0.0868 e. The van der Waals surface area contributed by atoms with Crippen LogP contribution in [0.15, 0.2) is 45.8 Å². The molecule has 0 amide bonds. The first kappa shape index (κ1) is 18.3. The molecule has 0 saturated heterocycles. The van der Waals surface area contributed by atoms with E-state index in [1.807, 2.05) is 34.7 Å². The molecule has 0 aromatic carbocycles. The van der Waals surface area contributed by atoms with Gasteiger partial charge in [-0.15, -0.1) is 0 Å². The molecule has 0 saturated carbocycles. The predicted octanol–water partition coefficient (Wildman–Crippen LogP) is 3.06. The Kier molecular flexibility index (Phi) is 9.30. The summed E-state index contributed by atoms with van der Waals surface area (Å²) < 4.78 is 0. The summed E-state index contributed by atoms with van der Waals surface area (Å²) >= 11 is 0. The Morgan fingerprint density at radius 3 is 2.30 bits per heavy atom. The van der Waals surface area contributed by atoms with E-state index in [0.717, 1.165) is 47.9 Å². The van der Waals surface area contributed by atoms with Crippen molar-refractivity contribution in [3.8, 4) is 0 Å². The SMILES string of the molecule is C=C(NCCCNC)C(C)=N/C(C(=C)C)=C(\C)N=CC. The molecule has 0 spiro atoms. The van der Waals surface area contributed by atoms with Gasteiger partial charge in [0.1, 0.15) is 0 Å². The minimum absolute atomic E-state index is 0.818. The average molecular weight is 276 g/mol. The maximum atomic E-state index is 4.60. The number of rotatable bonds is 9. The average Bonchev–Trinajstić information content (AvgIpc) is 2.40. The van der Waals surface area contributed by atoms with E-state index in [1.165, 1.54) is 0 Å². The molecule has 0 rings (SSSR count). The highest BCUT2D eigenvalue weighted by Crippen LogP contribution is 2.16. The standard InChI is InChI=1S/C16H28N4/c1-8-18-15(6)16(12(2)3)20-14(5)13(4)19-11-9-10-17-7/h8,17,19H,2,4,9-11H2,1,3,5-7H3/b16-15+,18-8?,20-14?. The van der Waals surface area contributed by atoms with Gasteiger partial charge < -0.3 is 10.6 Å². The van der Waals surface area contributed by atoms with E-state index in [2.05, 4.69) is 33.8 Å². The normalized spacial score (nSPS) is 13.3. The first-order valence-corrected chi connectivity index (χ1v) is 6.92. The molecule has 0 aromatic heterocycles. The van der Waals surface area contributed by atoms with Crippen molar-refractivity contribution in [3.63, 3.8) is 0 Å². The molecule has 2 N–H and O–H groups in total. The van der Waals surface area contributed by atoms with Gasteiger partial charge >= 0.3 is 0 Å². The fraction of sp³-hybridized carbons (Fsp3) is 0.500. The topological polar surface area (TPSA) is 48.8 Å². The fourth-order valence-corrected chi connectivity index (χ4v) is 1.61. The summed E-state index contributed by atoms with van der Waals surface area (Å²) in [5.41, 5.74) is 4.28. The number of nitrogens with one attached hydrogen (secondary N) is 2. The second-order valence-corrected chi connectivity index (χ2v) is 4.66. The van der Waals surface area contributed by atoms with Crippen molar-refractivity contribution in [1.82, 2.24) is 10.6 Å². The predicted molar refractivity (Wildman–Crippen MR) is 90.5 cm³/mol. The van der Waals surface area contributed by atoms with Crippen LogP contribution in [0.3, 0.4) is 0 Å². The number of hydrogen-bond donors (Lipinski definition) is 2. The molecule has 0 unspecified atom stereocenters. The molecule has 0 bridgehead atoms. The zero-order valence-corrected chi connectivity index (χ0v) is 13.5. The molecular weight excluding hydrogens is 248 g/mol. The van der Waals surface area contributed by atoms with E-state index in [0.29, 0.717) is 0 Å². The first-order valence-electron chi connectivity index (χ1n) is 6.92. The second kappa shape index (κ2) is 10.1. The van der Waals surface area contributed by atoms with Crippen LogP contribution in [0, 0.1) is 0 Å². The zero-order valence-electron chi connectivity index (χ0n) is 13.5. The van der Waals surface area contributed by atoms with Crippen LogP contribution in [-0.4, -0.2) is 32.1 Å². The van der Waals surface area contributed by atoms with Crippen molar-refractivity contribution in [2.75, 3.05) is 20.1 Å². The summed E-state index contributed by atoms with van der Waals surface area (Å²) in [6.45, 7) is 17.5. The van der Waals surface area contributed by atoms with Gasteiger partial charge in [0.2, 0.25) is 0 Å². The Balaban J connectivity index is 4.86. The highest BCUT2D eigenvalue weighted by Gasteiger charge is 2.04. The van der Waals surface area contributed by atoms with Crippen molar-refractivity contribution in [2.24, 2.45) is 9.98 Å². The quantitative estimate of drug-likeness (QED) is 0.386. The molecule has 20 heavy (non-hydrogen) atoms. The lowest BCUT2D eigenvalue weighted by atomic mass is 10.2. The van der Waals surface area contributed by atoms with E-state index in [-0.39, 0.29) is 0 Å². The van der Waals surface area contributed by atoms with Gasteiger partial charge in [0.05, 0.1) is 17.1 Å². The van der Waals surface area contributed by atoms with E-state index < -0.39 is 0 Å². The van der Waals surface area contributed by atoms with Gasteiger partial charge in [-0.1, -0.05) is 13.2 Å². The molecule has 0 aliphatic heterocycles. The Hall–Kier alpha value is -1.68. The number of aliphatic imine (C=N–C) groups is 2. The molecular formula is C16H28N4. The van der Waals surface area contributed by atoms with Crippen molar-refractivity contribution in [3.05, 3.63) is 35.8 Å². The van der Waals surface area contributed by atoms with Crippen LogP contribution in [0.1, 0.15) is 34.1 Å². The minimum atomic E-state index is 0.818. The third-order valence-corrected chi connectivity index (χ3v) is 2.73. The number of hydrogen-bond acceptors (Lipinski definition) is 4. The molecule has 112 valence electrons. The van der Waals surface area contributed by atoms with Crippen LogP contribution in [0.25, 0.3) is 0 Å². The van der Waals surface area contributed by atoms with Gasteiger partial charge in [0.25, 0.3) is 0 Å². The summed E-state index contributed by atoms with van der Waals surface area (Å²) in [5, 5.41) is 6.39. The first-order chi connectivity index (χ1) is 9.43. The lowest BCUT2D eigenvalue weighted by Gasteiger charge is -2.11. The van der Waals surface area contributed by atoms with E-state index >= 15 is 0 Å². The van der Waals surface area contributed by atoms with Gasteiger partial charge in [-0.05, 0) is 53.3 Å². The summed E-state index contributed by atoms with van der Waals surface area (Å²) in [4.78, 5) is 8.87. The lowest BCUT2D eigenvalue weighted by Crippen LogP contribution is -2.22. The molecule has 4 nitrogen and oxygen atoms in total. The van der Waals surface area contributed by atoms with Crippen LogP contribution in [-0.2, 0) is 0 Å². The highest BCUT2D eigenvalue weighted by molar-refractivity contribution is 5.98. The Bertz CT molecular complexity index is 428. The molecule has 0 heterocycles. The highest BCUT2D eigenvalue weighted by atomic mass is 14.9. The Morgan fingerprint density at radius 1 is 1.15 bits per heavy atom. The minimum Gasteiger partial charge on any atom is -0.384 e. The monoisotopic (exact) mass is 276 g/mol. The zero-order chi connectivity index (χ0) is 15.5. The summed E-state index contributed by atoms with van der Waals surface area (Å²) in [6.07, 6.45) is 2.80. The van der Waals surface area contributed by atoms with Gasteiger partial charge in [-0.25, -0.2) is 4.99 Å². The van der Waals surface area contributed by atoms with Crippen molar-refractivity contribution >= 4 is 11.9 Å². The van der Waals surface area contributed by atoms with Gasteiger partial charge in [-0.2, -0.15) is 0 Å². The lowest BCUT2D eigenvalue weighted by molar-refractivity contribution is 0.686. The van der Waals surface area contributed by atoms with Crippen molar-refractivity contribution in [1.29, 1.82) is 0 Å². The Labute approximate surface area is 123 Å². The summed E-state index contributed by atoms with van der Waals surface area (Å²) in [5.74, 6) is 0. The summed E-state index contributed by atoms with van der Waals surface area (Å²) in [6, 6.07) is 0. The van der Waals surface area contributed by atoms with E-state index in [1.54, 1.807) is 6.21 Å². The fourth-order valence-electron chi connectivity index (χ4n) is 1.61. The Morgan fingerprint density at radius 2 is 1.80 bits per heavy atom. The van der Waals surface area contributed by atoms with Gasteiger partial charge in [-0.3, -0.25) is 4.99 Å². The van der Waals surface area contributed by atoms with Gasteiger partial charge in [0.15, 0.2) is 0 Å². The third-order valence-electron chi connectivity index (χ3n) is 2.73. The van der Waals surface area contributed by atoms with Crippen LogP contribution < -0.4 is 10.6 Å². The maximum absolute atomic E-state index is 4.60. The second-order valence-electron chi connectivity index (χ2n) is 4.66. The molecule has 0 fully saturated rings. The molecule has 4 heteroatoms. The largest absolute Gasteiger partial charge is 0.384 e. The summed E-state index contributed by atoms with van der Waals surface area (Å²) in [7, 11) is 1.95. The van der Waals surface area contributed by atoms with E-state index in [9.17, 15) is 0 Å². The van der Waals surface area contributed by atoms with Crippen LogP contribution in [0.5, 0.6) is 0 Å².